The molecule has 0 bridgehead atoms. The van der Waals surface area contributed by atoms with E-state index in [1.54, 1.807) is 18.5 Å². The minimum Gasteiger partial charge on any atom is -0.380 e. The van der Waals surface area contributed by atoms with Gasteiger partial charge in [-0.2, -0.15) is 0 Å². The highest BCUT2D eigenvalue weighted by Crippen LogP contribution is 2.46. The van der Waals surface area contributed by atoms with E-state index in [1.165, 1.54) is 0 Å². The van der Waals surface area contributed by atoms with Crippen LogP contribution in [0.1, 0.15) is 46.7 Å². The average Bonchev–Trinajstić information content (AvgIpc) is 2.84. The average molecular weight is 347 g/mol. The van der Waals surface area contributed by atoms with Crippen LogP contribution in [0, 0.1) is 5.41 Å². The zero-order chi connectivity index (χ0) is 17.5. The van der Waals surface area contributed by atoms with Gasteiger partial charge in [-0.1, -0.05) is 39.8 Å². The minimum atomic E-state index is -3.51. The Bertz CT molecular complexity index is 511. The third-order valence-corrected chi connectivity index (χ3v) is 5.19. The van der Waals surface area contributed by atoms with Crippen molar-refractivity contribution in [2.45, 2.75) is 59.7 Å². The fourth-order valence-corrected chi connectivity index (χ4v) is 2.28. The molecular formula is C15H30N3O4P. The molecule has 7 nitrogen and oxygen atoms in total. The highest BCUT2D eigenvalue weighted by Gasteiger charge is 2.24. The van der Waals surface area contributed by atoms with Gasteiger partial charge in [0, 0.05) is 19.2 Å². The molecule has 0 spiro atoms. The second kappa shape index (κ2) is 8.92. The Morgan fingerprint density at radius 1 is 1.30 bits per heavy atom. The molecule has 0 aliphatic rings. The molecule has 0 radical (unpaired) electrons. The van der Waals surface area contributed by atoms with E-state index in [4.69, 9.17) is 9.26 Å². The van der Waals surface area contributed by atoms with Gasteiger partial charge in [0.05, 0.1) is 31.1 Å². The van der Waals surface area contributed by atoms with Crippen molar-refractivity contribution < 1.29 is 18.7 Å². The quantitative estimate of drug-likeness (QED) is 0.517. The predicted molar refractivity (Wildman–Crippen MR) is 89.5 cm³/mol. The van der Waals surface area contributed by atoms with Crippen LogP contribution in [0.4, 0.5) is 0 Å². The summed E-state index contributed by atoms with van der Waals surface area (Å²) in [5, 5.41) is 8.04. The minimum absolute atomic E-state index is 0.159. The second-order valence-electron chi connectivity index (χ2n) is 7.14. The highest BCUT2D eigenvalue weighted by molar-refractivity contribution is 7.53. The summed E-state index contributed by atoms with van der Waals surface area (Å²) in [4.78, 5) is 9.57. The summed E-state index contributed by atoms with van der Waals surface area (Å²) in [5.41, 5.74) is 0.620. The van der Waals surface area contributed by atoms with Crippen LogP contribution in [-0.2, 0) is 26.8 Å². The van der Waals surface area contributed by atoms with Crippen LogP contribution < -0.4 is 0 Å². The lowest BCUT2D eigenvalue weighted by Crippen LogP contribution is -2.12. The van der Waals surface area contributed by atoms with Crippen molar-refractivity contribution in [2.75, 3.05) is 19.8 Å². The normalized spacial score (nSPS) is 15.1. The number of rotatable bonds is 10. The van der Waals surface area contributed by atoms with Crippen molar-refractivity contribution in [1.29, 1.82) is 0 Å². The molecule has 0 saturated heterocycles. The fraction of sp³-hybridized carbons (Fsp3) is 0.867. The molecule has 0 fully saturated rings. The first-order chi connectivity index (χ1) is 10.6. The van der Waals surface area contributed by atoms with E-state index in [1.807, 2.05) is 6.20 Å². The SMILES string of the molecule is CC(C)P(=O)(O)OCCc1cn(CCOCCC(C)(C)C)nn1. The van der Waals surface area contributed by atoms with Gasteiger partial charge in [0.15, 0.2) is 0 Å². The van der Waals surface area contributed by atoms with Crippen LogP contribution in [0.3, 0.4) is 0 Å². The molecule has 134 valence electrons. The Kier molecular flexibility index (Phi) is 7.87. The van der Waals surface area contributed by atoms with Crippen LogP contribution in [0.25, 0.3) is 0 Å². The maximum atomic E-state index is 11.7. The van der Waals surface area contributed by atoms with E-state index in [9.17, 15) is 9.46 Å². The zero-order valence-electron chi connectivity index (χ0n) is 14.9. The van der Waals surface area contributed by atoms with Gasteiger partial charge in [-0.05, 0) is 11.8 Å². The maximum Gasteiger partial charge on any atom is 0.330 e. The van der Waals surface area contributed by atoms with E-state index in [0.29, 0.717) is 19.6 Å². The van der Waals surface area contributed by atoms with Crippen molar-refractivity contribution in [2.24, 2.45) is 5.41 Å². The van der Waals surface area contributed by atoms with Crippen LogP contribution in [0.15, 0.2) is 6.20 Å². The number of hydrogen-bond acceptors (Lipinski definition) is 5. The van der Waals surface area contributed by atoms with Gasteiger partial charge in [0.2, 0.25) is 0 Å². The third-order valence-electron chi connectivity index (χ3n) is 3.33. The molecule has 1 rings (SSSR count). The summed E-state index contributed by atoms with van der Waals surface area (Å²) < 4.78 is 24.0. The van der Waals surface area contributed by atoms with E-state index in [-0.39, 0.29) is 12.0 Å². The molecule has 1 atom stereocenters. The van der Waals surface area contributed by atoms with Crippen molar-refractivity contribution in [1.82, 2.24) is 15.0 Å². The van der Waals surface area contributed by atoms with Gasteiger partial charge < -0.3 is 14.2 Å². The Hall–Kier alpha value is -0.750. The molecule has 1 N–H and O–H groups in total. The van der Waals surface area contributed by atoms with Gasteiger partial charge >= 0.3 is 7.60 Å². The Morgan fingerprint density at radius 3 is 2.61 bits per heavy atom. The maximum absolute atomic E-state index is 11.7. The first kappa shape index (κ1) is 20.3. The molecule has 0 aliphatic heterocycles. The summed E-state index contributed by atoms with van der Waals surface area (Å²) >= 11 is 0. The molecule has 1 heterocycles. The van der Waals surface area contributed by atoms with Gasteiger partial charge in [-0.3, -0.25) is 4.57 Å². The van der Waals surface area contributed by atoms with Crippen LogP contribution in [0.2, 0.25) is 0 Å². The summed E-state index contributed by atoms with van der Waals surface area (Å²) in [6.07, 6.45) is 3.29. The monoisotopic (exact) mass is 347 g/mol. The van der Waals surface area contributed by atoms with Crippen LogP contribution in [-0.4, -0.2) is 45.4 Å². The van der Waals surface area contributed by atoms with Gasteiger partial charge in [0.1, 0.15) is 0 Å². The molecule has 0 amide bonds. The zero-order valence-corrected chi connectivity index (χ0v) is 15.8. The van der Waals surface area contributed by atoms with Crippen molar-refractivity contribution in [3.63, 3.8) is 0 Å². The molecular weight excluding hydrogens is 317 g/mol. The third kappa shape index (κ3) is 8.61. The van der Waals surface area contributed by atoms with Crippen molar-refractivity contribution >= 4 is 7.60 Å². The topological polar surface area (TPSA) is 86.5 Å². The molecule has 0 aromatic carbocycles. The molecule has 0 aliphatic carbocycles. The second-order valence-corrected chi connectivity index (χ2v) is 9.56. The largest absolute Gasteiger partial charge is 0.380 e. The van der Waals surface area contributed by atoms with Crippen LogP contribution >= 0.6 is 7.60 Å². The summed E-state index contributed by atoms with van der Waals surface area (Å²) in [5.74, 6) is 0. The molecule has 1 unspecified atom stereocenters. The van der Waals surface area contributed by atoms with Gasteiger partial charge in [-0.25, -0.2) is 4.68 Å². The van der Waals surface area contributed by atoms with Crippen molar-refractivity contribution in [3.05, 3.63) is 11.9 Å². The predicted octanol–water partition coefficient (Wildman–Crippen LogP) is 2.88. The number of aromatic nitrogens is 3. The fourth-order valence-electron chi connectivity index (χ4n) is 1.63. The summed E-state index contributed by atoms with van der Waals surface area (Å²) in [6.45, 7) is 12.0. The van der Waals surface area contributed by atoms with E-state index < -0.39 is 13.3 Å². The number of hydrogen-bond donors (Lipinski definition) is 1. The number of nitrogens with zero attached hydrogens (tertiary/aromatic N) is 3. The van der Waals surface area contributed by atoms with Gasteiger partial charge in [0.25, 0.3) is 0 Å². The molecule has 8 heteroatoms. The standard InChI is InChI=1S/C15H30N3O4P/c1-13(2)23(19,20)22-9-6-14-12-18(17-16-14)8-11-21-10-7-15(3,4)5/h12-13H,6-11H2,1-5H3,(H,19,20). The summed E-state index contributed by atoms with van der Waals surface area (Å²) in [6, 6.07) is 0. The molecule has 1 aromatic rings. The molecule has 23 heavy (non-hydrogen) atoms. The first-order valence-electron chi connectivity index (χ1n) is 8.04. The lowest BCUT2D eigenvalue weighted by atomic mass is 9.93. The van der Waals surface area contributed by atoms with E-state index in [0.717, 1.165) is 18.7 Å². The Labute approximate surface area is 138 Å². The van der Waals surface area contributed by atoms with Crippen molar-refractivity contribution in [3.8, 4) is 0 Å². The smallest absolute Gasteiger partial charge is 0.330 e. The van der Waals surface area contributed by atoms with Gasteiger partial charge in [-0.15, -0.1) is 5.10 Å². The van der Waals surface area contributed by atoms with Crippen LogP contribution in [0.5, 0.6) is 0 Å². The molecule has 0 saturated carbocycles. The van der Waals surface area contributed by atoms with E-state index >= 15 is 0 Å². The lowest BCUT2D eigenvalue weighted by molar-refractivity contribution is 0.0996. The molecule has 1 aromatic heterocycles. The highest BCUT2D eigenvalue weighted by atomic mass is 31.2. The lowest BCUT2D eigenvalue weighted by Gasteiger charge is -2.17. The Balaban J connectivity index is 2.23. The number of ether oxygens (including phenoxy) is 1. The van der Waals surface area contributed by atoms with E-state index in [2.05, 4.69) is 31.1 Å². The first-order valence-corrected chi connectivity index (χ1v) is 9.68. The summed E-state index contributed by atoms with van der Waals surface area (Å²) in [7, 11) is -3.51. The Morgan fingerprint density at radius 2 is 2.00 bits per heavy atom.